The summed E-state index contributed by atoms with van der Waals surface area (Å²) in [5, 5.41) is 11.0. The monoisotopic (exact) mass is 447 g/mol. The fraction of sp³-hybridized carbons (Fsp3) is 0.500. The lowest BCUT2D eigenvalue weighted by Gasteiger charge is -2.40. The van der Waals surface area contributed by atoms with Gasteiger partial charge in [-0.25, -0.2) is 9.37 Å². The van der Waals surface area contributed by atoms with Gasteiger partial charge in [0.15, 0.2) is 0 Å². The van der Waals surface area contributed by atoms with Crippen molar-refractivity contribution in [2.24, 2.45) is 5.92 Å². The fourth-order valence-corrected chi connectivity index (χ4v) is 5.20. The van der Waals surface area contributed by atoms with Crippen molar-refractivity contribution in [3.05, 3.63) is 51.7 Å². The van der Waals surface area contributed by atoms with E-state index in [9.17, 15) is 14.0 Å². The molecular weight excluding hydrogens is 421 g/mol. The summed E-state index contributed by atoms with van der Waals surface area (Å²) in [6.07, 6.45) is 1.93. The SMILES string of the molecule is CN(CC(=O)O)C(=O)C(Cc1cscn1)CN1CCC2(CC1)OCc1ccc(F)cc12. The molecule has 1 saturated heterocycles. The number of aliphatic carboxylic acids is 1. The molecule has 1 N–H and O–H groups in total. The molecule has 1 fully saturated rings. The summed E-state index contributed by atoms with van der Waals surface area (Å²) in [7, 11) is 1.52. The summed E-state index contributed by atoms with van der Waals surface area (Å²) < 4.78 is 20.0. The minimum atomic E-state index is -1.03. The van der Waals surface area contributed by atoms with Crippen molar-refractivity contribution in [1.29, 1.82) is 0 Å². The Bertz CT molecular complexity index is 944. The molecule has 1 aromatic carbocycles. The van der Waals surface area contributed by atoms with Gasteiger partial charge in [0.25, 0.3) is 0 Å². The zero-order chi connectivity index (χ0) is 22.0. The van der Waals surface area contributed by atoms with Crippen molar-refractivity contribution in [3.63, 3.8) is 0 Å². The summed E-state index contributed by atoms with van der Waals surface area (Å²) in [6.45, 7) is 2.14. The first-order chi connectivity index (χ1) is 14.9. The molecule has 1 amide bonds. The van der Waals surface area contributed by atoms with Crippen molar-refractivity contribution in [2.45, 2.75) is 31.5 Å². The van der Waals surface area contributed by atoms with E-state index in [1.807, 2.05) is 5.38 Å². The fourth-order valence-electron chi connectivity index (χ4n) is 4.63. The largest absolute Gasteiger partial charge is 0.480 e. The van der Waals surface area contributed by atoms with Crippen LogP contribution in [-0.2, 0) is 33.0 Å². The van der Waals surface area contributed by atoms with Crippen molar-refractivity contribution < 1.29 is 23.8 Å². The van der Waals surface area contributed by atoms with E-state index >= 15 is 0 Å². The molecule has 0 aliphatic carbocycles. The number of carbonyl (C=O) groups excluding carboxylic acids is 1. The quantitative estimate of drug-likeness (QED) is 0.702. The van der Waals surface area contributed by atoms with Gasteiger partial charge in [-0.1, -0.05) is 6.07 Å². The third-order valence-electron chi connectivity index (χ3n) is 6.25. The summed E-state index contributed by atoms with van der Waals surface area (Å²) in [5.41, 5.74) is 4.10. The molecule has 31 heavy (non-hydrogen) atoms. The number of amides is 1. The van der Waals surface area contributed by atoms with Gasteiger partial charge in [0.1, 0.15) is 12.4 Å². The van der Waals surface area contributed by atoms with Crippen LogP contribution in [-0.4, -0.2) is 65.0 Å². The number of aromatic nitrogens is 1. The molecule has 4 rings (SSSR count). The van der Waals surface area contributed by atoms with Crippen LogP contribution in [0.5, 0.6) is 0 Å². The third kappa shape index (κ3) is 4.78. The van der Waals surface area contributed by atoms with Crippen LogP contribution in [0.3, 0.4) is 0 Å². The van der Waals surface area contributed by atoms with E-state index in [0.29, 0.717) is 19.6 Å². The second-order valence-corrected chi connectivity index (χ2v) is 9.07. The van der Waals surface area contributed by atoms with Crippen LogP contribution in [0.1, 0.15) is 29.7 Å². The van der Waals surface area contributed by atoms with Gasteiger partial charge in [0, 0.05) is 38.5 Å². The van der Waals surface area contributed by atoms with Crippen molar-refractivity contribution in [1.82, 2.24) is 14.8 Å². The van der Waals surface area contributed by atoms with Crippen LogP contribution >= 0.6 is 11.3 Å². The minimum Gasteiger partial charge on any atom is -0.480 e. The van der Waals surface area contributed by atoms with E-state index in [-0.39, 0.29) is 24.2 Å². The zero-order valence-corrected chi connectivity index (χ0v) is 18.2. The Morgan fingerprint density at radius 1 is 1.39 bits per heavy atom. The average Bonchev–Trinajstić information content (AvgIpc) is 3.37. The van der Waals surface area contributed by atoms with Crippen LogP contribution < -0.4 is 0 Å². The van der Waals surface area contributed by atoms with Gasteiger partial charge in [-0.05, 0) is 36.1 Å². The highest BCUT2D eigenvalue weighted by molar-refractivity contribution is 7.07. The van der Waals surface area contributed by atoms with Crippen molar-refractivity contribution >= 4 is 23.2 Å². The van der Waals surface area contributed by atoms with Crippen LogP contribution in [0.2, 0.25) is 0 Å². The van der Waals surface area contributed by atoms with Gasteiger partial charge in [0.2, 0.25) is 5.91 Å². The summed E-state index contributed by atoms with van der Waals surface area (Å²) >= 11 is 1.47. The van der Waals surface area contributed by atoms with Gasteiger partial charge >= 0.3 is 5.97 Å². The number of halogens is 1. The number of benzene rings is 1. The van der Waals surface area contributed by atoms with Gasteiger partial charge in [-0.2, -0.15) is 0 Å². The first-order valence-electron chi connectivity index (χ1n) is 10.4. The van der Waals surface area contributed by atoms with Gasteiger partial charge in [0.05, 0.1) is 29.3 Å². The first kappa shape index (κ1) is 21.9. The second kappa shape index (κ2) is 9.02. The van der Waals surface area contributed by atoms with Crippen molar-refractivity contribution in [3.8, 4) is 0 Å². The number of likely N-dealkylation sites (tertiary alicyclic amines) is 1. The highest BCUT2D eigenvalue weighted by Gasteiger charge is 2.43. The Morgan fingerprint density at radius 3 is 2.84 bits per heavy atom. The zero-order valence-electron chi connectivity index (χ0n) is 17.4. The summed E-state index contributed by atoms with van der Waals surface area (Å²) in [5.74, 6) is -1.86. The molecule has 2 aliphatic heterocycles. The summed E-state index contributed by atoms with van der Waals surface area (Å²) in [4.78, 5) is 31.8. The highest BCUT2D eigenvalue weighted by Crippen LogP contribution is 2.44. The van der Waals surface area contributed by atoms with Crippen LogP contribution in [0, 0.1) is 11.7 Å². The molecule has 0 radical (unpaired) electrons. The number of hydrogen-bond acceptors (Lipinski definition) is 6. The van der Waals surface area contributed by atoms with Crippen LogP contribution in [0.15, 0.2) is 29.1 Å². The molecule has 0 saturated carbocycles. The molecule has 2 aromatic rings. The topological polar surface area (TPSA) is 83.0 Å². The van der Waals surface area contributed by atoms with Crippen LogP contribution in [0.25, 0.3) is 0 Å². The smallest absolute Gasteiger partial charge is 0.323 e. The number of fused-ring (bicyclic) bond motifs is 2. The predicted octanol–water partition coefficient (Wildman–Crippen LogP) is 2.51. The number of rotatable bonds is 7. The molecule has 1 unspecified atom stereocenters. The Hall–Kier alpha value is -2.36. The van der Waals surface area contributed by atoms with Crippen LogP contribution in [0.4, 0.5) is 4.39 Å². The molecule has 1 atom stereocenters. The maximum Gasteiger partial charge on any atom is 0.323 e. The Kier molecular flexibility index (Phi) is 6.36. The maximum atomic E-state index is 13.8. The Balaban J connectivity index is 1.43. The molecule has 2 aliphatic rings. The van der Waals surface area contributed by atoms with Gasteiger partial charge in [-0.3, -0.25) is 9.59 Å². The molecule has 9 heteroatoms. The molecule has 166 valence electrons. The average molecular weight is 448 g/mol. The lowest BCUT2D eigenvalue weighted by molar-refractivity contribution is -0.145. The third-order valence-corrected chi connectivity index (χ3v) is 6.88. The number of likely N-dealkylation sites (N-methyl/N-ethyl adjacent to an activating group) is 1. The predicted molar refractivity (Wildman–Crippen MR) is 113 cm³/mol. The van der Waals surface area contributed by atoms with Crippen molar-refractivity contribution in [2.75, 3.05) is 33.2 Å². The number of carbonyl (C=O) groups is 2. The number of nitrogens with zero attached hydrogens (tertiary/aromatic N) is 3. The number of hydrogen-bond donors (Lipinski definition) is 1. The normalized spacial score (nSPS) is 18.6. The number of piperidine rings is 1. The maximum absolute atomic E-state index is 13.8. The molecule has 7 nitrogen and oxygen atoms in total. The Morgan fingerprint density at radius 2 is 2.16 bits per heavy atom. The Labute approximate surface area is 184 Å². The first-order valence-corrected chi connectivity index (χ1v) is 11.3. The van der Waals surface area contributed by atoms with E-state index in [0.717, 1.165) is 42.8 Å². The summed E-state index contributed by atoms with van der Waals surface area (Å²) in [6, 6.07) is 4.86. The number of ether oxygens (including phenoxy) is 1. The van der Waals surface area contributed by atoms with E-state index in [2.05, 4.69) is 9.88 Å². The van der Waals surface area contributed by atoms with Gasteiger partial charge < -0.3 is 19.6 Å². The molecule has 0 bridgehead atoms. The van der Waals surface area contributed by atoms with E-state index in [1.165, 1.54) is 29.4 Å². The molecule has 1 spiro atoms. The number of carboxylic acids is 1. The van der Waals surface area contributed by atoms with E-state index in [1.54, 1.807) is 17.6 Å². The van der Waals surface area contributed by atoms with Gasteiger partial charge in [-0.15, -0.1) is 11.3 Å². The lowest BCUT2D eigenvalue weighted by Crippen LogP contribution is -2.47. The van der Waals surface area contributed by atoms with E-state index < -0.39 is 11.6 Å². The van der Waals surface area contributed by atoms with E-state index in [4.69, 9.17) is 9.84 Å². The molecule has 1 aromatic heterocycles. The lowest BCUT2D eigenvalue weighted by atomic mass is 9.83. The standard InChI is InChI=1S/C22H26FN3O4S/c1-25(11-20(27)28)21(29)16(8-18-13-31-14-24-18)10-26-6-4-22(5-7-26)19-9-17(23)3-2-15(19)12-30-22/h2-3,9,13-14,16H,4-8,10-12H2,1H3,(H,27,28). The highest BCUT2D eigenvalue weighted by atomic mass is 32.1. The molecule has 3 heterocycles. The number of carboxylic acid groups (broad SMARTS) is 1. The minimum absolute atomic E-state index is 0.194. The number of thiazole rings is 1. The second-order valence-electron chi connectivity index (χ2n) is 8.35. The molecular formula is C22H26FN3O4S.